The molecule has 4 heterocycles. The van der Waals surface area contributed by atoms with Crippen LogP contribution in [0.15, 0.2) is 36.4 Å². The van der Waals surface area contributed by atoms with Crippen LogP contribution < -0.4 is 15.5 Å². The molecule has 2 amide bonds. The van der Waals surface area contributed by atoms with Gasteiger partial charge in [0, 0.05) is 27.8 Å². The van der Waals surface area contributed by atoms with Crippen molar-refractivity contribution in [3.63, 3.8) is 0 Å². The molecular weight excluding hydrogens is 414 g/mol. The number of rotatable bonds is 3. The molecular formula is C24H30ClN3O3. The van der Waals surface area contributed by atoms with E-state index in [4.69, 9.17) is 16.3 Å². The number of fused-ring (bicyclic) bond motifs is 1. The quantitative estimate of drug-likeness (QED) is 0.704. The van der Waals surface area contributed by atoms with E-state index in [2.05, 4.69) is 38.3 Å². The molecule has 5 rings (SSSR count). The van der Waals surface area contributed by atoms with E-state index in [0.29, 0.717) is 11.6 Å². The molecule has 2 N–H and O–H groups in total. The van der Waals surface area contributed by atoms with Crippen LogP contribution in [-0.2, 0) is 14.3 Å². The van der Waals surface area contributed by atoms with Gasteiger partial charge in [-0.25, -0.2) is 0 Å². The fraction of sp³-hybridized carbons (Fsp3) is 0.583. The minimum absolute atomic E-state index is 0.0553. The van der Waals surface area contributed by atoms with Gasteiger partial charge in [0.25, 0.3) is 0 Å². The summed E-state index contributed by atoms with van der Waals surface area (Å²) in [5.41, 5.74) is -0.0865. The number of benzene rings is 1. The van der Waals surface area contributed by atoms with E-state index in [1.807, 2.05) is 24.3 Å². The summed E-state index contributed by atoms with van der Waals surface area (Å²) in [6, 6.07) is 7.27. The molecule has 1 aromatic carbocycles. The first-order valence-corrected chi connectivity index (χ1v) is 11.4. The lowest BCUT2D eigenvalue weighted by Gasteiger charge is -2.47. The fourth-order valence-electron chi connectivity index (χ4n) is 6.36. The highest BCUT2D eigenvalue weighted by molar-refractivity contribution is 6.30. The van der Waals surface area contributed by atoms with Crippen LogP contribution in [0.2, 0.25) is 5.02 Å². The standard InChI is InChI=1S/C24H30ClN3O3/c1-22(2)11-15(12-23(3,4)27-22)26-20(29)18-17-9-10-24(31-17)13-28(21(30)19(18)24)16-7-5-14(25)6-8-16/h5-10,15,17-19,27H,11-13H2,1-4H3,(H,26,29)/t17-,18?,19?,24-/m0/s1. The Labute approximate surface area is 188 Å². The topological polar surface area (TPSA) is 70.7 Å². The highest BCUT2D eigenvalue weighted by Gasteiger charge is 2.67. The summed E-state index contributed by atoms with van der Waals surface area (Å²) in [5.74, 6) is -1.14. The number of carbonyl (C=O) groups is 2. The van der Waals surface area contributed by atoms with Gasteiger partial charge in [0.2, 0.25) is 11.8 Å². The number of anilines is 1. The molecule has 0 saturated carbocycles. The number of halogens is 1. The Morgan fingerprint density at radius 1 is 1.16 bits per heavy atom. The van der Waals surface area contributed by atoms with Crippen molar-refractivity contribution >= 4 is 29.1 Å². The molecule has 4 atom stereocenters. The Morgan fingerprint density at radius 3 is 2.45 bits per heavy atom. The first kappa shape index (κ1) is 21.0. The molecule has 31 heavy (non-hydrogen) atoms. The van der Waals surface area contributed by atoms with Crippen LogP contribution in [0.4, 0.5) is 5.69 Å². The number of hydrogen-bond acceptors (Lipinski definition) is 4. The maximum absolute atomic E-state index is 13.5. The molecule has 4 aliphatic rings. The van der Waals surface area contributed by atoms with Gasteiger partial charge in [-0.2, -0.15) is 0 Å². The van der Waals surface area contributed by atoms with Crippen LogP contribution in [0, 0.1) is 11.8 Å². The Kier molecular flexibility index (Phi) is 4.60. The van der Waals surface area contributed by atoms with Crippen molar-refractivity contribution in [1.82, 2.24) is 10.6 Å². The summed E-state index contributed by atoms with van der Waals surface area (Å²) in [6.07, 6.45) is 5.28. The fourth-order valence-corrected chi connectivity index (χ4v) is 6.48. The normalized spacial score (nSPS) is 35.5. The molecule has 3 fully saturated rings. The first-order chi connectivity index (χ1) is 14.5. The number of nitrogens with one attached hydrogen (secondary N) is 2. The van der Waals surface area contributed by atoms with Crippen molar-refractivity contribution < 1.29 is 14.3 Å². The second-order valence-electron chi connectivity index (χ2n) is 10.8. The number of hydrogen-bond donors (Lipinski definition) is 2. The summed E-state index contributed by atoms with van der Waals surface area (Å²) in [6.45, 7) is 9.07. The van der Waals surface area contributed by atoms with E-state index in [1.165, 1.54) is 0 Å². The van der Waals surface area contributed by atoms with E-state index in [-0.39, 0.29) is 35.0 Å². The minimum atomic E-state index is -0.726. The van der Waals surface area contributed by atoms with Gasteiger partial charge in [0.15, 0.2) is 0 Å². The Bertz CT molecular complexity index is 941. The van der Waals surface area contributed by atoms with Gasteiger partial charge in [-0.1, -0.05) is 23.8 Å². The highest BCUT2D eigenvalue weighted by Crippen LogP contribution is 2.52. The second-order valence-corrected chi connectivity index (χ2v) is 11.2. The third kappa shape index (κ3) is 3.49. The lowest BCUT2D eigenvalue weighted by Crippen LogP contribution is -2.62. The highest BCUT2D eigenvalue weighted by atomic mass is 35.5. The number of piperidine rings is 1. The predicted molar refractivity (Wildman–Crippen MR) is 120 cm³/mol. The average Bonchev–Trinajstić information content (AvgIpc) is 3.28. The van der Waals surface area contributed by atoms with Crippen LogP contribution in [0.1, 0.15) is 40.5 Å². The zero-order chi connectivity index (χ0) is 22.2. The van der Waals surface area contributed by atoms with Crippen LogP contribution in [-0.4, -0.2) is 47.2 Å². The van der Waals surface area contributed by atoms with Gasteiger partial charge in [-0.15, -0.1) is 0 Å². The molecule has 0 radical (unpaired) electrons. The number of carbonyl (C=O) groups excluding carboxylic acids is 2. The molecule has 1 aromatic rings. The monoisotopic (exact) mass is 443 g/mol. The third-order valence-electron chi connectivity index (χ3n) is 7.08. The molecule has 2 unspecified atom stereocenters. The maximum Gasteiger partial charge on any atom is 0.234 e. The van der Waals surface area contributed by atoms with Crippen molar-refractivity contribution in [1.29, 1.82) is 0 Å². The van der Waals surface area contributed by atoms with E-state index in [0.717, 1.165) is 18.5 Å². The molecule has 0 aliphatic carbocycles. The van der Waals surface area contributed by atoms with Crippen molar-refractivity contribution in [2.75, 3.05) is 11.4 Å². The van der Waals surface area contributed by atoms with Crippen molar-refractivity contribution in [3.8, 4) is 0 Å². The molecule has 4 aliphatic heterocycles. The minimum Gasteiger partial charge on any atom is -0.360 e. The summed E-state index contributed by atoms with van der Waals surface area (Å²) < 4.78 is 6.26. The zero-order valence-electron chi connectivity index (χ0n) is 18.4. The van der Waals surface area contributed by atoms with Crippen LogP contribution >= 0.6 is 11.6 Å². The summed E-state index contributed by atoms with van der Waals surface area (Å²) in [7, 11) is 0. The largest absolute Gasteiger partial charge is 0.360 e. The van der Waals surface area contributed by atoms with Gasteiger partial charge in [-0.3, -0.25) is 9.59 Å². The van der Waals surface area contributed by atoms with Gasteiger partial charge in [-0.05, 0) is 64.8 Å². The lowest BCUT2D eigenvalue weighted by molar-refractivity contribution is -0.132. The van der Waals surface area contributed by atoms with E-state index in [9.17, 15) is 9.59 Å². The van der Waals surface area contributed by atoms with Crippen LogP contribution in [0.5, 0.6) is 0 Å². The van der Waals surface area contributed by atoms with Gasteiger partial charge < -0.3 is 20.3 Å². The molecule has 1 spiro atoms. The average molecular weight is 444 g/mol. The van der Waals surface area contributed by atoms with Gasteiger partial charge >= 0.3 is 0 Å². The van der Waals surface area contributed by atoms with E-state index >= 15 is 0 Å². The Hall–Kier alpha value is -1.89. The SMILES string of the molecule is CC1(C)CC(NC(=O)C2C3C(=O)N(c4ccc(Cl)cc4)C[C@@]34C=C[C@@H]2O4)CC(C)(C)N1. The number of nitrogens with zero attached hydrogens (tertiary/aromatic N) is 1. The summed E-state index contributed by atoms with van der Waals surface area (Å²) in [4.78, 5) is 28.6. The maximum atomic E-state index is 13.5. The second kappa shape index (κ2) is 6.80. The van der Waals surface area contributed by atoms with Gasteiger partial charge in [0.05, 0.1) is 24.5 Å². The Morgan fingerprint density at radius 2 is 1.81 bits per heavy atom. The first-order valence-electron chi connectivity index (χ1n) is 11.0. The zero-order valence-corrected chi connectivity index (χ0v) is 19.2. The smallest absolute Gasteiger partial charge is 0.234 e. The number of amides is 2. The van der Waals surface area contributed by atoms with E-state index in [1.54, 1.807) is 17.0 Å². The molecule has 0 aromatic heterocycles. The van der Waals surface area contributed by atoms with E-state index < -0.39 is 17.4 Å². The third-order valence-corrected chi connectivity index (χ3v) is 7.33. The van der Waals surface area contributed by atoms with Crippen molar-refractivity contribution in [2.24, 2.45) is 11.8 Å². The molecule has 2 bridgehead atoms. The van der Waals surface area contributed by atoms with Crippen molar-refractivity contribution in [3.05, 3.63) is 41.4 Å². The van der Waals surface area contributed by atoms with Crippen LogP contribution in [0.25, 0.3) is 0 Å². The number of ether oxygens (including phenoxy) is 1. The van der Waals surface area contributed by atoms with Crippen LogP contribution in [0.3, 0.4) is 0 Å². The Balaban J connectivity index is 1.37. The molecule has 6 nitrogen and oxygen atoms in total. The summed E-state index contributed by atoms with van der Waals surface area (Å²) >= 11 is 6.01. The molecule has 7 heteroatoms. The lowest BCUT2D eigenvalue weighted by atomic mass is 9.75. The van der Waals surface area contributed by atoms with Gasteiger partial charge in [0.1, 0.15) is 5.60 Å². The molecule has 166 valence electrons. The predicted octanol–water partition coefficient (Wildman–Crippen LogP) is 3.05. The van der Waals surface area contributed by atoms with Crippen molar-refractivity contribution in [2.45, 2.75) is 69.4 Å². The molecule has 3 saturated heterocycles. The summed E-state index contributed by atoms with van der Waals surface area (Å²) in [5, 5.41) is 7.53.